The number of piperidine rings is 1. The first kappa shape index (κ1) is 13.9. The molecule has 1 atom stereocenters. The molecule has 1 aromatic rings. The number of rotatable bonds is 5. The number of nitrogens with one attached hydrogen (secondary N) is 1. The van der Waals surface area contributed by atoms with Gasteiger partial charge in [0.25, 0.3) is 0 Å². The van der Waals surface area contributed by atoms with Crippen LogP contribution in [0.15, 0.2) is 18.2 Å². The molecule has 2 aliphatic rings. The molecule has 1 unspecified atom stereocenters. The summed E-state index contributed by atoms with van der Waals surface area (Å²) in [5.74, 6) is -0.119. The average molecular weight is 276 g/mol. The van der Waals surface area contributed by atoms with E-state index in [0.717, 1.165) is 18.7 Å². The summed E-state index contributed by atoms with van der Waals surface area (Å²) >= 11 is 0. The molecule has 2 nitrogen and oxygen atoms in total. The maximum Gasteiger partial charge on any atom is 0.123 e. The van der Waals surface area contributed by atoms with Crippen LogP contribution in [0.25, 0.3) is 0 Å². The van der Waals surface area contributed by atoms with Gasteiger partial charge < -0.3 is 10.2 Å². The molecule has 20 heavy (non-hydrogen) atoms. The molecule has 110 valence electrons. The molecule has 1 aliphatic heterocycles. The largest absolute Gasteiger partial charge is 0.368 e. The quantitative estimate of drug-likeness (QED) is 0.879. The van der Waals surface area contributed by atoms with Crippen molar-refractivity contribution in [2.75, 3.05) is 11.4 Å². The van der Waals surface area contributed by atoms with Crippen LogP contribution >= 0.6 is 0 Å². The van der Waals surface area contributed by atoms with Gasteiger partial charge in [0.2, 0.25) is 0 Å². The molecule has 3 heteroatoms. The normalized spacial score (nSPS) is 23.1. The van der Waals surface area contributed by atoms with Crippen molar-refractivity contribution in [2.45, 2.75) is 64.1 Å². The third-order valence-electron chi connectivity index (χ3n) is 4.61. The van der Waals surface area contributed by atoms with Crippen LogP contribution in [0.5, 0.6) is 0 Å². The first-order chi connectivity index (χ1) is 9.78. The molecular formula is C17H25FN2. The van der Waals surface area contributed by atoms with Gasteiger partial charge >= 0.3 is 0 Å². The topological polar surface area (TPSA) is 15.3 Å². The third kappa shape index (κ3) is 3.14. The van der Waals surface area contributed by atoms with Crippen molar-refractivity contribution < 1.29 is 4.39 Å². The standard InChI is InChI=1S/C17H25FN2/c1-2-16-5-3-4-10-20(16)17-9-6-14(18)11-13(17)12-19-15-7-8-15/h6,9,11,15-16,19H,2-5,7-8,10,12H2,1H3. The van der Waals surface area contributed by atoms with Gasteiger partial charge in [-0.3, -0.25) is 0 Å². The minimum Gasteiger partial charge on any atom is -0.368 e. The van der Waals surface area contributed by atoms with Gasteiger partial charge in [-0.1, -0.05) is 6.92 Å². The van der Waals surface area contributed by atoms with Crippen molar-refractivity contribution in [2.24, 2.45) is 0 Å². The van der Waals surface area contributed by atoms with Gasteiger partial charge in [-0.25, -0.2) is 4.39 Å². The van der Waals surface area contributed by atoms with E-state index < -0.39 is 0 Å². The predicted octanol–water partition coefficient (Wildman–Crippen LogP) is 3.85. The highest BCUT2D eigenvalue weighted by molar-refractivity contribution is 5.55. The fourth-order valence-electron chi connectivity index (χ4n) is 3.26. The van der Waals surface area contributed by atoms with Crippen LogP contribution in [0, 0.1) is 5.82 Å². The highest BCUT2D eigenvalue weighted by Gasteiger charge is 2.25. The average Bonchev–Trinajstić information content (AvgIpc) is 3.29. The molecule has 1 saturated heterocycles. The molecule has 1 N–H and O–H groups in total. The Bertz CT molecular complexity index is 456. The second-order valence-electron chi connectivity index (χ2n) is 6.18. The van der Waals surface area contributed by atoms with Crippen LogP contribution in [-0.2, 0) is 6.54 Å². The van der Waals surface area contributed by atoms with Crippen LogP contribution in [0.4, 0.5) is 10.1 Å². The first-order valence-corrected chi connectivity index (χ1v) is 8.06. The number of hydrogen-bond acceptors (Lipinski definition) is 2. The molecule has 1 aliphatic carbocycles. The van der Waals surface area contributed by atoms with Gasteiger partial charge in [-0.2, -0.15) is 0 Å². The number of halogens is 1. The molecule has 1 heterocycles. The zero-order chi connectivity index (χ0) is 13.9. The van der Waals surface area contributed by atoms with Crippen LogP contribution in [0.2, 0.25) is 0 Å². The Balaban J connectivity index is 1.81. The van der Waals surface area contributed by atoms with Gasteiger partial charge in [0, 0.05) is 30.9 Å². The number of benzene rings is 1. The van der Waals surface area contributed by atoms with Crippen LogP contribution in [-0.4, -0.2) is 18.6 Å². The summed E-state index contributed by atoms with van der Waals surface area (Å²) in [6.45, 7) is 4.17. The van der Waals surface area contributed by atoms with Gasteiger partial charge in [-0.15, -0.1) is 0 Å². The second-order valence-corrected chi connectivity index (χ2v) is 6.18. The number of nitrogens with zero attached hydrogens (tertiary/aromatic N) is 1. The lowest BCUT2D eigenvalue weighted by atomic mass is 9.98. The number of hydrogen-bond donors (Lipinski definition) is 1. The predicted molar refractivity (Wildman–Crippen MR) is 81.5 cm³/mol. The summed E-state index contributed by atoms with van der Waals surface area (Å²) in [5, 5.41) is 3.52. The summed E-state index contributed by atoms with van der Waals surface area (Å²) in [5.41, 5.74) is 2.36. The Kier molecular flexibility index (Phi) is 4.25. The maximum absolute atomic E-state index is 13.6. The Morgan fingerprint density at radius 1 is 1.25 bits per heavy atom. The molecular weight excluding hydrogens is 251 g/mol. The molecule has 2 fully saturated rings. The first-order valence-electron chi connectivity index (χ1n) is 8.06. The van der Waals surface area contributed by atoms with E-state index in [1.165, 1.54) is 44.2 Å². The van der Waals surface area contributed by atoms with E-state index in [2.05, 4.69) is 17.1 Å². The zero-order valence-corrected chi connectivity index (χ0v) is 12.4. The fourth-order valence-corrected chi connectivity index (χ4v) is 3.26. The molecule has 3 rings (SSSR count). The summed E-state index contributed by atoms with van der Waals surface area (Å²) in [6.07, 6.45) is 7.56. The molecule has 0 radical (unpaired) electrons. The monoisotopic (exact) mass is 276 g/mol. The Hall–Kier alpha value is -1.09. The van der Waals surface area contributed by atoms with Gasteiger partial charge in [0.1, 0.15) is 5.82 Å². The number of anilines is 1. The van der Waals surface area contributed by atoms with Crippen molar-refractivity contribution in [3.05, 3.63) is 29.6 Å². The highest BCUT2D eigenvalue weighted by atomic mass is 19.1. The van der Waals surface area contributed by atoms with Crippen LogP contribution < -0.4 is 10.2 Å². The summed E-state index contributed by atoms with van der Waals surface area (Å²) < 4.78 is 13.6. The van der Waals surface area contributed by atoms with Crippen molar-refractivity contribution in [1.82, 2.24) is 5.32 Å². The van der Waals surface area contributed by atoms with Crippen molar-refractivity contribution in [3.63, 3.8) is 0 Å². The fraction of sp³-hybridized carbons (Fsp3) is 0.647. The van der Waals surface area contributed by atoms with Gasteiger partial charge in [-0.05, 0) is 62.3 Å². The third-order valence-corrected chi connectivity index (χ3v) is 4.61. The Morgan fingerprint density at radius 3 is 2.85 bits per heavy atom. The molecule has 0 amide bonds. The van der Waals surface area contributed by atoms with Crippen molar-refractivity contribution in [3.8, 4) is 0 Å². The van der Waals surface area contributed by atoms with E-state index in [-0.39, 0.29) is 5.82 Å². The molecule has 1 aromatic carbocycles. The Labute approximate surface area is 121 Å². The van der Waals surface area contributed by atoms with Crippen molar-refractivity contribution in [1.29, 1.82) is 0 Å². The lowest BCUT2D eigenvalue weighted by Crippen LogP contribution is -2.40. The SMILES string of the molecule is CCC1CCCCN1c1ccc(F)cc1CNC1CC1. The molecule has 1 saturated carbocycles. The molecule has 0 bridgehead atoms. The summed E-state index contributed by atoms with van der Waals surface area (Å²) in [6, 6.07) is 6.58. The minimum atomic E-state index is -0.119. The van der Waals surface area contributed by atoms with E-state index in [1.807, 2.05) is 6.07 Å². The van der Waals surface area contributed by atoms with E-state index >= 15 is 0 Å². The van der Waals surface area contributed by atoms with E-state index in [1.54, 1.807) is 12.1 Å². The lowest BCUT2D eigenvalue weighted by molar-refractivity contribution is 0.448. The second kappa shape index (κ2) is 6.13. The van der Waals surface area contributed by atoms with Crippen LogP contribution in [0.3, 0.4) is 0 Å². The zero-order valence-electron chi connectivity index (χ0n) is 12.4. The highest BCUT2D eigenvalue weighted by Crippen LogP contribution is 2.30. The van der Waals surface area contributed by atoms with Gasteiger partial charge in [0.05, 0.1) is 0 Å². The van der Waals surface area contributed by atoms with E-state index in [9.17, 15) is 4.39 Å². The smallest absolute Gasteiger partial charge is 0.123 e. The molecule has 0 aromatic heterocycles. The molecule has 0 spiro atoms. The summed E-state index contributed by atoms with van der Waals surface area (Å²) in [7, 11) is 0. The lowest BCUT2D eigenvalue weighted by Gasteiger charge is -2.38. The van der Waals surface area contributed by atoms with Crippen LogP contribution in [0.1, 0.15) is 51.0 Å². The van der Waals surface area contributed by atoms with E-state index in [0.29, 0.717) is 12.1 Å². The minimum absolute atomic E-state index is 0.119. The van der Waals surface area contributed by atoms with Crippen molar-refractivity contribution >= 4 is 5.69 Å². The maximum atomic E-state index is 13.6. The Morgan fingerprint density at radius 2 is 2.10 bits per heavy atom. The van der Waals surface area contributed by atoms with Gasteiger partial charge in [0.15, 0.2) is 0 Å². The van der Waals surface area contributed by atoms with E-state index in [4.69, 9.17) is 0 Å². The summed E-state index contributed by atoms with van der Waals surface area (Å²) in [4.78, 5) is 2.51.